The van der Waals surface area contributed by atoms with E-state index in [2.05, 4.69) is 24.5 Å². The lowest BCUT2D eigenvalue weighted by atomic mass is 10.1. The van der Waals surface area contributed by atoms with Crippen LogP contribution in [-0.2, 0) is 9.53 Å². The van der Waals surface area contributed by atoms with Crippen molar-refractivity contribution >= 4 is 6.29 Å². The first-order chi connectivity index (χ1) is 7.52. The van der Waals surface area contributed by atoms with Crippen molar-refractivity contribution in [2.45, 2.75) is 39.8 Å². The second-order valence-corrected chi connectivity index (χ2v) is 4.76. The summed E-state index contributed by atoms with van der Waals surface area (Å²) in [4.78, 5) is 10.7. The summed E-state index contributed by atoms with van der Waals surface area (Å²) in [6, 6.07) is 0.239. The molecule has 2 N–H and O–H groups in total. The molecule has 0 aromatic rings. The molecule has 0 amide bonds. The maximum absolute atomic E-state index is 10.7. The van der Waals surface area contributed by atoms with Crippen LogP contribution in [-0.4, -0.2) is 38.8 Å². The number of rotatable bonds is 9. The standard InChI is InChI=1S/C12H26N2O2/c1-9(2)11(6-15)14-8-16-7-12(13-5)10(3)4/h6,9-14H,7-8H2,1-5H3/t11-,12-/m1/s1. The van der Waals surface area contributed by atoms with Crippen molar-refractivity contribution in [2.24, 2.45) is 11.8 Å². The average molecular weight is 230 g/mol. The monoisotopic (exact) mass is 230 g/mol. The number of hydrogen-bond donors (Lipinski definition) is 2. The lowest BCUT2D eigenvalue weighted by Gasteiger charge is -2.21. The minimum atomic E-state index is -0.118. The van der Waals surface area contributed by atoms with Gasteiger partial charge in [0.15, 0.2) is 0 Å². The largest absolute Gasteiger partial charge is 0.365 e. The molecule has 4 nitrogen and oxygen atoms in total. The Bertz CT molecular complexity index is 184. The molecular weight excluding hydrogens is 204 g/mol. The van der Waals surface area contributed by atoms with Crippen LogP contribution in [0.5, 0.6) is 0 Å². The van der Waals surface area contributed by atoms with Crippen molar-refractivity contribution in [1.82, 2.24) is 10.6 Å². The molecule has 0 aliphatic heterocycles. The predicted octanol–water partition coefficient (Wildman–Crippen LogP) is 1.02. The summed E-state index contributed by atoms with van der Waals surface area (Å²) in [6.45, 7) is 9.41. The van der Waals surface area contributed by atoms with Crippen molar-refractivity contribution in [3.8, 4) is 0 Å². The molecule has 96 valence electrons. The molecule has 0 fully saturated rings. The summed E-state index contributed by atoms with van der Waals surface area (Å²) >= 11 is 0. The van der Waals surface area contributed by atoms with Crippen LogP contribution in [0, 0.1) is 11.8 Å². The number of nitrogens with one attached hydrogen (secondary N) is 2. The highest BCUT2D eigenvalue weighted by Crippen LogP contribution is 2.01. The van der Waals surface area contributed by atoms with Gasteiger partial charge in [0, 0.05) is 6.04 Å². The van der Waals surface area contributed by atoms with E-state index in [1.807, 2.05) is 20.9 Å². The van der Waals surface area contributed by atoms with E-state index in [1.54, 1.807) is 0 Å². The first-order valence-electron chi connectivity index (χ1n) is 5.96. The summed E-state index contributed by atoms with van der Waals surface area (Å²) in [6.07, 6.45) is 0.937. The van der Waals surface area contributed by atoms with Gasteiger partial charge < -0.3 is 14.8 Å². The van der Waals surface area contributed by atoms with Crippen molar-refractivity contribution in [2.75, 3.05) is 20.4 Å². The summed E-state index contributed by atoms with van der Waals surface area (Å²) in [5.41, 5.74) is 0. The zero-order valence-corrected chi connectivity index (χ0v) is 11.1. The average Bonchev–Trinajstić information content (AvgIpc) is 2.22. The Balaban J connectivity index is 3.69. The molecule has 0 unspecified atom stereocenters. The maximum atomic E-state index is 10.7. The van der Waals surface area contributed by atoms with E-state index in [4.69, 9.17) is 4.74 Å². The number of ether oxygens (including phenoxy) is 1. The highest BCUT2D eigenvalue weighted by atomic mass is 16.5. The van der Waals surface area contributed by atoms with E-state index in [0.717, 1.165) is 6.29 Å². The topological polar surface area (TPSA) is 50.4 Å². The van der Waals surface area contributed by atoms with Crippen molar-refractivity contribution in [1.29, 1.82) is 0 Å². The van der Waals surface area contributed by atoms with Gasteiger partial charge >= 0.3 is 0 Å². The van der Waals surface area contributed by atoms with Crippen molar-refractivity contribution in [3.05, 3.63) is 0 Å². The number of carbonyl (C=O) groups is 1. The van der Waals surface area contributed by atoms with Crippen LogP contribution in [0.4, 0.5) is 0 Å². The van der Waals surface area contributed by atoms with E-state index < -0.39 is 0 Å². The molecule has 0 heterocycles. The zero-order chi connectivity index (χ0) is 12.6. The number of hydrogen-bond acceptors (Lipinski definition) is 4. The fourth-order valence-electron chi connectivity index (χ4n) is 1.39. The van der Waals surface area contributed by atoms with Crippen LogP contribution < -0.4 is 10.6 Å². The van der Waals surface area contributed by atoms with Gasteiger partial charge in [-0.25, -0.2) is 0 Å². The van der Waals surface area contributed by atoms with Gasteiger partial charge in [0.2, 0.25) is 0 Å². The van der Waals surface area contributed by atoms with Crippen molar-refractivity contribution in [3.63, 3.8) is 0 Å². The molecule has 0 bridgehead atoms. The highest BCUT2D eigenvalue weighted by molar-refractivity contribution is 5.57. The third kappa shape index (κ3) is 6.20. The lowest BCUT2D eigenvalue weighted by molar-refractivity contribution is -0.111. The summed E-state index contributed by atoms with van der Waals surface area (Å²) < 4.78 is 5.50. The van der Waals surface area contributed by atoms with Gasteiger partial charge in [-0.05, 0) is 18.9 Å². The third-order valence-corrected chi connectivity index (χ3v) is 2.76. The van der Waals surface area contributed by atoms with Crippen LogP contribution in [0.25, 0.3) is 0 Å². The number of carbonyl (C=O) groups excluding carboxylic acids is 1. The molecular formula is C12H26N2O2. The number of likely N-dealkylation sites (N-methyl/N-ethyl adjacent to an activating group) is 1. The maximum Gasteiger partial charge on any atom is 0.137 e. The molecule has 2 atom stereocenters. The molecule has 0 aromatic heterocycles. The van der Waals surface area contributed by atoms with Gasteiger partial charge in [0.25, 0.3) is 0 Å². The Labute approximate surface area is 99.1 Å². The molecule has 16 heavy (non-hydrogen) atoms. The summed E-state index contributed by atoms with van der Waals surface area (Å²) in [5.74, 6) is 0.836. The van der Waals surface area contributed by atoms with E-state index in [1.165, 1.54) is 0 Å². The third-order valence-electron chi connectivity index (χ3n) is 2.76. The fraction of sp³-hybridized carbons (Fsp3) is 0.917. The second kappa shape index (κ2) is 8.67. The van der Waals surface area contributed by atoms with Crippen LogP contribution in [0.1, 0.15) is 27.7 Å². The fourth-order valence-corrected chi connectivity index (χ4v) is 1.39. The van der Waals surface area contributed by atoms with Gasteiger partial charge in [-0.15, -0.1) is 0 Å². The Morgan fingerprint density at radius 3 is 2.19 bits per heavy atom. The van der Waals surface area contributed by atoms with Crippen LogP contribution in [0.2, 0.25) is 0 Å². The predicted molar refractivity (Wildman–Crippen MR) is 66.3 cm³/mol. The Morgan fingerprint density at radius 2 is 1.81 bits per heavy atom. The van der Waals surface area contributed by atoms with Gasteiger partial charge in [0.1, 0.15) is 6.29 Å². The quantitative estimate of drug-likeness (QED) is 0.353. The van der Waals surface area contributed by atoms with Crippen LogP contribution >= 0.6 is 0 Å². The van der Waals surface area contributed by atoms with E-state index in [-0.39, 0.29) is 6.04 Å². The minimum Gasteiger partial charge on any atom is -0.365 e. The Morgan fingerprint density at radius 1 is 1.19 bits per heavy atom. The zero-order valence-electron chi connectivity index (χ0n) is 11.1. The molecule has 0 aliphatic carbocycles. The first-order valence-corrected chi connectivity index (χ1v) is 5.96. The van der Waals surface area contributed by atoms with E-state index in [9.17, 15) is 4.79 Å². The lowest BCUT2D eigenvalue weighted by Crippen LogP contribution is -2.40. The minimum absolute atomic E-state index is 0.118. The van der Waals surface area contributed by atoms with E-state index >= 15 is 0 Å². The Hall–Kier alpha value is -0.450. The van der Waals surface area contributed by atoms with Crippen LogP contribution in [0.3, 0.4) is 0 Å². The highest BCUT2D eigenvalue weighted by Gasteiger charge is 2.13. The normalized spacial score (nSPS) is 15.4. The Kier molecular flexibility index (Phi) is 8.43. The molecule has 0 spiro atoms. The molecule has 0 rings (SSSR count). The van der Waals surface area contributed by atoms with Gasteiger partial charge in [0.05, 0.1) is 19.4 Å². The first kappa shape index (κ1) is 15.6. The smallest absolute Gasteiger partial charge is 0.137 e. The van der Waals surface area contributed by atoms with E-state index in [0.29, 0.717) is 31.2 Å². The molecule has 0 aliphatic rings. The van der Waals surface area contributed by atoms with Gasteiger partial charge in [-0.1, -0.05) is 27.7 Å². The SMILES string of the molecule is CN[C@H](COCN[C@H](C=O)C(C)C)C(C)C. The molecule has 0 radical (unpaired) electrons. The summed E-state index contributed by atoms with van der Waals surface area (Å²) in [5, 5.41) is 6.27. The van der Waals surface area contributed by atoms with Crippen molar-refractivity contribution < 1.29 is 9.53 Å². The molecule has 0 saturated carbocycles. The molecule has 0 saturated heterocycles. The summed E-state index contributed by atoms with van der Waals surface area (Å²) in [7, 11) is 1.93. The van der Waals surface area contributed by atoms with Gasteiger partial charge in [-0.3, -0.25) is 5.32 Å². The molecule has 4 heteroatoms. The second-order valence-electron chi connectivity index (χ2n) is 4.76. The van der Waals surface area contributed by atoms with Gasteiger partial charge in [-0.2, -0.15) is 0 Å². The number of aldehydes is 1. The molecule has 0 aromatic carbocycles. The van der Waals surface area contributed by atoms with Crippen LogP contribution in [0.15, 0.2) is 0 Å².